The van der Waals surface area contributed by atoms with Gasteiger partial charge in [-0.2, -0.15) is 23.1 Å². The molecule has 4 N–H and O–H groups in total. The van der Waals surface area contributed by atoms with Gasteiger partial charge < -0.3 is 30.7 Å². The van der Waals surface area contributed by atoms with Crippen molar-refractivity contribution in [1.29, 1.82) is 0 Å². The van der Waals surface area contributed by atoms with Crippen LogP contribution >= 0.6 is 0 Å². The van der Waals surface area contributed by atoms with Gasteiger partial charge >= 0.3 is 12.2 Å². The maximum Gasteiger partial charge on any atom is 0.417 e. The molecular weight excluding hydrogens is 627 g/mol. The van der Waals surface area contributed by atoms with E-state index in [4.69, 9.17) is 15.2 Å². The van der Waals surface area contributed by atoms with Crippen LogP contribution in [-0.2, 0) is 11.0 Å². The molecule has 2 aliphatic heterocycles. The van der Waals surface area contributed by atoms with Crippen molar-refractivity contribution in [3.8, 4) is 23.1 Å². The van der Waals surface area contributed by atoms with Gasteiger partial charge in [-0.15, -0.1) is 0 Å². The Bertz CT molecular complexity index is 1650. The summed E-state index contributed by atoms with van der Waals surface area (Å²) in [6, 6.07) is 0.292. The molecule has 0 bridgehead atoms. The highest BCUT2D eigenvalue weighted by Gasteiger charge is 2.39. The summed E-state index contributed by atoms with van der Waals surface area (Å²) in [5, 5.41) is 6.52. The Morgan fingerprint density at radius 2 is 1.91 bits per heavy atom. The number of ether oxygens (including phenoxy) is 2. The van der Waals surface area contributed by atoms with E-state index in [-0.39, 0.29) is 54.2 Å². The summed E-state index contributed by atoms with van der Waals surface area (Å²) in [6.07, 6.45) is -3.48. The van der Waals surface area contributed by atoms with Gasteiger partial charge in [-0.25, -0.2) is 13.8 Å². The third-order valence-corrected chi connectivity index (χ3v) is 8.47. The maximum atomic E-state index is 16.6. The lowest BCUT2D eigenvalue weighted by Gasteiger charge is -2.25. The fraction of sp³-hybridized carbons (Fsp3) is 0.548. The monoisotopic (exact) mass is 666 g/mol. The van der Waals surface area contributed by atoms with Gasteiger partial charge in [0.25, 0.3) is 0 Å². The van der Waals surface area contributed by atoms with Gasteiger partial charge in [0.2, 0.25) is 11.8 Å². The van der Waals surface area contributed by atoms with Gasteiger partial charge in [-0.1, -0.05) is 0 Å². The standard InChI is InChI=1S/C31H39F5N8O3/c1-15-12-39-28-22-27(41-30(42-28)46-14-18-7-6-10-44(18)13-21(45)43(4)5)25(33)26(40-29(22)47-16(2)8-9-38-15)19-11-20(37)24(32)17(3)23(19)31(34,35)36/h11,15-16,18,38H,6-10,12-14,37H2,1-5H3,(H,39,41,42)/t15?,16-,18+/m0/s1. The molecule has 2 aliphatic rings. The molecular formula is C31H39F5N8O3. The number of carbonyl (C=O) groups is 1. The number of likely N-dealkylation sites (tertiary alicyclic amines) is 1. The van der Waals surface area contributed by atoms with E-state index in [1.165, 1.54) is 4.90 Å². The van der Waals surface area contributed by atoms with Crippen LogP contribution in [0, 0.1) is 18.6 Å². The number of nitrogens with two attached hydrogens (primary N) is 1. The first kappa shape index (κ1) is 34.3. The summed E-state index contributed by atoms with van der Waals surface area (Å²) in [5.74, 6) is -2.64. The Kier molecular flexibility index (Phi) is 9.91. The topological polar surface area (TPSA) is 131 Å². The molecule has 16 heteroatoms. The molecule has 5 rings (SSSR count). The second-order valence-corrected chi connectivity index (χ2v) is 12.3. The zero-order valence-electron chi connectivity index (χ0n) is 26.9. The Hall–Kier alpha value is -4.05. The first-order valence-electron chi connectivity index (χ1n) is 15.4. The average molecular weight is 667 g/mol. The van der Waals surface area contributed by atoms with Crippen LogP contribution in [0.1, 0.15) is 44.2 Å². The van der Waals surface area contributed by atoms with Crippen LogP contribution in [0.4, 0.5) is 33.5 Å². The van der Waals surface area contributed by atoms with Crippen LogP contribution in [0.5, 0.6) is 11.9 Å². The highest BCUT2D eigenvalue weighted by molar-refractivity contribution is 5.96. The predicted molar refractivity (Wildman–Crippen MR) is 166 cm³/mol. The second-order valence-electron chi connectivity index (χ2n) is 12.3. The summed E-state index contributed by atoms with van der Waals surface area (Å²) in [6.45, 7) is 6.48. The van der Waals surface area contributed by atoms with Crippen molar-refractivity contribution >= 4 is 28.3 Å². The third kappa shape index (κ3) is 7.27. The van der Waals surface area contributed by atoms with Crippen molar-refractivity contribution in [2.75, 3.05) is 57.9 Å². The number of likely N-dealkylation sites (N-methyl/N-ethyl adjacent to an activating group) is 1. The predicted octanol–water partition coefficient (Wildman–Crippen LogP) is 4.37. The summed E-state index contributed by atoms with van der Waals surface area (Å²) in [4.78, 5) is 28.9. The molecule has 0 aliphatic carbocycles. The van der Waals surface area contributed by atoms with Crippen molar-refractivity contribution in [3.05, 3.63) is 28.8 Å². The van der Waals surface area contributed by atoms with Crippen LogP contribution in [-0.4, -0.2) is 95.7 Å². The fourth-order valence-corrected chi connectivity index (χ4v) is 5.83. The van der Waals surface area contributed by atoms with E-state index in [0.29, 0.717) is 26.1 Å². The van der Waals surface area contributed by atoms with Gasteiger partial charge in [0.1, 0.15) is 34.8 Å². The molecule has 47 heavy (non-hydrogen) atoms. The number of aromatic nitrogens is 3. The molecule has 1 unspecified atom stereocenters. The number of halogens is 5. The van der Waals surface area contributed by atoms with Crippen molar-refractivity contribution in [2.45, 2.75) is 64.4 Å². The van der Waals surface area contributed by atoms with E-state index in [9.17, 15) is 22.4 Å². The minimum absolute atomic E-state index is 0.0130. The highest BCUT2D eigenvalue weighted by Crippen LogP contribution is 2.44. The number of nitrogens with one attached hydrogen (secondary N) is 2. The minimum atomic E-state index is -5.07. The largest absolute Gasteiger partial charge is 0.474 e. The number of benzene rings is 1. The smallest absolute Gasteiger partial charge is 0.417 e. The van der Waals surface area contributed by atoms with Crippen LogP contribution < -0.4 is 25.8 Å². The lowest BCUT2D eigenvalue weighted by atomic mass is 9.96. The fourth-order valence-electron chi connectivity index (χ4n) is 5.83. The minimum Gasteiger partial charge on any atom is -0.474 e. The van der Waals surface area contributed by atoms with Crippen molar-refractivity contribution in [1.82, 2.24) is 30.1 Å². The molecule has 1 saturated heterocycles. The molecule has 3 aromatic rings. The van der Waals surface area contributed by atoms with Crippen molar-refractivity contribution in [2.24, 2.45) is 0 Å². The molecule has 0 saturated carbocycles. The second kappa shape index (κ2) is 13.6. The van der Waals surface area contributed by atoms with E-state index >= 15 is 4.39 Å². The third-order valence-electron chi connectivity index (χ3n) is 8.47. The van der Waals surface area contributed by atoms with Crippen LogP contribution in [0.3, 0.4) is 0 Å². The van der Waals surface area contributed by atoms with Gasteiger partial charge in [-0.3, -0.25) is 9.69 Å². The van der Waals surface area contributed by atoms with Gasteiger partial charge in [0, 0.05) is 38.3 Å². The average Bonchev–Trinajstić information content (AvgIpc) is 3.43. The summed E-state index contributed by atoms with van der Waals surface area (Å²) >= 11 is 0. The number of hydrogen-bond donors (Lipinski definition) is 3. The van der Waals surface area contributed by atoms with Gasteiger partial charge in [0.05, 0.1) is 23.9 Å². The summed E-state index contributed by atoms with van der Waals surface area (Å²) in [7, 11) is 3.35. The number of hydrogen-bond acceptors (Lipinski definition) is 10. The Morgan fingerprint density at radius 3 is 2.62 bits per heavy atom. The van der Waals surface area contributed by atoms with E-state index in [0.717, 1.165) is 25.8 Å². The number of nitrogens with zero attached hydrogens (tertiary/aromatic N) is 5. The van der Waals surface area contributed by atoms with Gasteiger partial charge in [-0.05, 0) is 64.8 Å². The molecule has 4 heterocycles. The Balaban J connectivity index is 1.66. The molecule has 1 fully saturated rings. The lowest BCUT2D eigenvalue weighted by Crippen LogP contribution is -2.41. The first-order valence-corrected chi connectivity index (χ1v) is 15.4. The lowest BCUT2D eigenvalue weighted by molar-refractivity contribution is -0.137. The van der Waals surface area contributed by atoms with Crippen molar-refractivity contribution < 1.29 is 36.2 Å². The number of carbonyl (C=O) groups excluding carboxylic acids is 1. The van der Waals surface area contributed by atoms with E-state index < -0.39 is 57.5 Å². The van der Waals surface area contributed by atoms with E-state index in [1.807, 2.05) is 11.8 Å². The molecule has 0 radical (unpaired) electrons. The number of rotatable bonds is 6. The van der Waals surface area contributed by atoms with Crippen LogP contribution in [0.25, 0.3) is 22.2 Å². The normalized spacial score (nSPS) is 20.8. The maximum absolute atomic E-state index is 16.6. The molecule has 11 nitrogen and oxygen atoms in total. The zero-order chi connectivity index (χ0) is 34.2. The number of nitrogen functional groups attached to an aromatic ring is 1. The summed E-state index contributed by atoms with van der Waals surface area (Å²) < 4.78 is 86.4. The molecule has 2 aromatic heterocycles. The Morgan fingerprint density at radius 1 is 1.17 bits per heavy atom. The molecule has 1 aromatic carbocycles. The summed E-state index contributed by atoms with van der Waals surface area (Å²) in [5.41, 5.74) is 1.02. The zero-order valence-corrected chi connectivity index (χ0v) is 26.9. The quantitative estimate of drug-likeness (QED) is 0.258. The molecule has 3 atom stereocenters. The van der Waals surface area contributed by atoms with E-state index in [1.54, 1.807) is 21.0 Å². The molecule has 0 spiro atoms. The van der Waals surface area contributed by atoms with Crippen LogP contribution in [0.15, 0.2) is 6.07 Å². The molecule has 1 amide bonds. The SMILES string of the molecule is Cc1c(F)c(N)cc(-c2nc3c4c(nc(OC[C@H]5CCCN5CC(=O)N(C)C)nc4c2F)NCC(C)NCC[C@H](C)O3)c1C(F)(F)F. The number of anilines is 2. The van der Waals surface area contributed by atoms with Gasteiger partial charge in [0.15, 0.2) is 5.82 Å². The number of alkyl halides is 3. The first-order chi connectivity index (χ1) is 22.1. The number of pyridine rings is 1. The Labute approximate surface area is 269 Å². The highest BCUT2D eigenvalue weighted by atomic mass is 19.4. The van der Waals surface area contributed by atoms with E-state index in [2.05, 4.69) is 25.6 Å². The molecule has 256 valence electrons. The van der Waals surface area contributed by atoms with Crippen LogP contribution in [0.2, 0.25) is 0 Å². The van der Waals surface area contributed by atoms with Crippen molar-refractivity contribution in [3.63, 3.8) is 0 Å². The number of amides is 1.